The summed E-state index contributed by atoms with van der Waals surface area (Å²) in [7, 11) is 0. The third-order valence-electron chi connectivity index (χ3n) is 4.63. The molecule has 0 aliphatic carbocycles. The minimum atomic E-state index is -4.41. The van der Waals surface area contributed by atoms with E-state index in [1.165, 1.54) is 18.3 Å². The number of hydrogen-bond acceptors (Lipinski definition) is 4. The van der Waals surface area contributed by atoms with Crippen LogP contribution in [0.1, 0.15) is 35.5 Å². The molecule has 0 aliphatic rings. The quantitative estimate of drug-likeness (QED) is 0.563. The first-order chi connectivity index (χ1) is 13.7. The largest absolute Gasteiger partial charge is 0.416 e. The Morgan fingerprint density at radius 3 is 2.27 bits per heavy atom. The van der Waals surface area contributed by atoms with E-state index in [1.807, 2.05) is 20.8 Å². The molecular weight excluding hydrogens is 417 g/mol. The van der Waals surface area contributed by atoms with Gasteiger partial charge < -0.3 is 10.2 Å². The molecular formula is C21H22ClF3N4O. The van der Waals surface area contributed by atoms with Crippen molar-refractivity contribution in [3.05, 3.63) is 59.4 Å². The van der Waals surface area contributed by atoms with Crippen LogP contribution in [-0.2, 0) is 6.18 Å². The van der Waals surface area contributed by atoms with Gasteiger partial charge >= 0.3 is 6.18 Å². The third kappa shape index (κ3) is 4.81. The van der Waals surface area contributed by atoms with Crippen molar-refractivity contribution in [1.82, 2.24) is 14.9 Å². The maximum Gasteiger partial charge on any atom is 0.416 e. The van der Waals surface area contributed by atoms with E-state index in [1.54, 1.807) is 17.0 Å². The number of hydrogen-bond donors (Lipinski definition) is 1. The summed E-state index contributed by atoms with van der Waals surface area (Å²) in [6, 6.07) is 8.27. The van der Waals surface area contributed by atoms with E-state index >= 15 is 0 Å². The number of nitrogens with zero attached hydrogens (tertiary/aromatic N) is 3. The standard InChI is InChI=1S/C21H21F3N4O.ClH/c1-4-28(5-2)20(29)17-12-25-19-16(11-6-13(3)26-19)18(17)27-15-9-7-14(8-10-15)21(22,23)24;/h6-12H,4-5H2,1-3H3,(H,25,26,27);1H. The second-order valence-corrected chi connectivity index (χ2v) is 6.55. The highest BCUT2D eigenvalue weighted by Crippen LogP contribution is 2.33. The van der Waals surface area contributed by atoms with E-state index in [2.05, 4.69) is 15.3 Å². The number of aromatic nitrogens is 2. The lowest BCUT2D eigenvalue weighted by Gasteiger charge is -2.21. The summed E-state index contributed by atoms with van der Waals surface area (Å²) in [5, 5.41) is 3.72. The van der Waals surface area contributed by atoms with Crippen molar-refractivity contribution >= 4 is 40.7 Å². The number of aryl methyl sites for hydroxylation is 1. The Bertz CT molecular complexity index is 1030. The molecule has 0 bridgehead atoms. The number of benzene rings is 1. The van der Waals surface area contributed by atoms with E-state index in [4.69, 9.17) is 0 Å². The topological polar surface area (TPSA) is 58.1 Å². The van der Waals surface area contributed by atoms with Crippen molar-refractivity contribution in [2.45, 2.75) is 26.9 Å². The van der Waals surface area contributed by atoms with Crippen molar-refractivity contribution in [2.75, 3.05) is 18.4 Å². The molecule has 0 atom stereocenters. The fourth-order valence-corrected chi connectivity index (χ4v) is 3.04. The molecule has 0 saturated carbocycles. The minimum Gasteiger partial charge on any atom is -0.354 e. The first kappa shape index (κ1) is 23.4. The van der Waals surface area contributed by atoms with Crippen LogP contribution in [0.3, 0.4) is 0 Å². The predicted molar refractivity (Wildman–Crippen MR) is 114 cm³/mol. The summed E-state index contributed by atoms with van der Waals surface area (Å²) in [5.74, 6) is -0.209. The maximum atomic E-state index is 13.0. The van der Waals surface area contributed by atoms with E-state index < -0.39 is 11.7 Å². The smallest absolute Gasteiger partial charge is 0.354 e. The number of nitrogens with one attached hydrogen (secondary N) is 1. The molecule has 2 aromatic heterocycles. The van der Waals surface area contributed by atoms with Gasteiger partial charge in [0.25, 0.3) is 5.91 Å². The lowest BCUT2D eigenvalue weighted by molar-refractivity contribution is -0.137. The van der Waals surface area contributed by atoms with Crippen LogP contribution in [0.4, 0.5) is 24.5 Å². The Labute approximate surface area is 178 Å². The second-order valence-electron chi connectivity index (χ2n) is 6.55. The summed E-state index contributed by atoms with van der Waals surface area (Å²) >= 11 is 0. The third-order valence-corrected chi connectivity index (χ3v) is 4.63. The fourth-order valence-electron chi connectivity index (χ4n) is 3.04. The van der Waals surface area contributed by atoms with E-state index in [0.717, 1.165) is 17.8 Å². The molecule has 3 aromatic rings. The number of alkyl halides is 3. The number of carbonyl (C=O) groups excluding carboxylic acids is 1. The Hall–Kier alpha value is -2.87. The molecule has 1 amide bonds. The average molecular weight is 439 g/mol. The van der Waals surface area contributed by atoms with Gasteiger partial charge in [0.1, 0.15) is 0 Å². The highest BCUT2D eigenvalue weighted by atomic mass is 35.5. The summed E-state index contributed by atoms with van der Waals surface area (Å²) in [6.07, 6.45) is -2.95. The number of halogens is 4. The van der Waals surface area contributed by atoms with Gasteiger partial charge in [0, 0.05) is 36.1 Å². The lowest BCUT2D eigenvalue weighted by atomic mass is 10.1. The van der Waals surface area contributed by atoms with Crippen molar-refractivity contribution in [1.29, 1.82) is 0 Å². The molecule has 0 fully saturated rings. The molecule has 1 aromatic carbocycles. The highest BCUT2D eigenvalue weighted by Gasteiger charge is 2.30. The van der Waals surface area contributed by atoms with Gasteiger partial charge in [0.05, 0.1) is 16.8 Å². The predicted octanol–water partition coefficient (Wildman–Crippen LogP) is 5.60. The molecule has 1 N–H and O–H groups in total. The van der Waals surface area contributed by atoms with Crippen LogP contribution in [-0.4, -0.2) is 33.9 Å². The monoisotopic (exact) mass is 438 g/mol. The second kappa shape index (κ2) is 9.30. The Kier molecular flexibility index (Phi) is 7.25. The van der Waals surface area contributed by atoms with Crippen LogP contribution >= 0.6 is 12.4 Å². The molecule has 30 heavy (non-hydrogen) atoms. The number of rotatable bonds is 5. The summed E-state index contributed by atoms with van der Waals surface area (Å²) in [4.78, 5) is 23.3. The minimum absolute atomic E-state index is 0. The molecule has 0 aliphatic heterocycles. The zero-order valence-corrected chi connectivity index (χ0v) is 17.6. The molecule has 0 unspecified atom stereocenters. The Balaban J connectivity index is 0.00000320. The molecule has 0 spiro atoms. The van der Waals surface area contributed by atoms with Gasteiger partial charge in [0.2, 0.25) is 0 Å². The van der Waals surface area contributed by atoms with Gasteiger partial charge in [-0.25, -0.2) is 9.97 Å². The maximum absolute atomic E-state index is 13.0. The molecule has 3 rings (SSSR count). The van der Waals surface area contributed by atoms with Gasteiger partial charge in [-0.15, -0.1) is 12.4 Å². The summed E-state index contributed by atoms with van der Waals surface area (Å²) < 4.78 is 38.5. The number of anilines is 2. The van der Waals surface area contributed by atoms with E-state index in [9.17, 15) is 18.0 Å². The SMILES string of the molecule is CCN(CC)C(=O)c1cnc2nc(C)ccc2c1Nc1ccc(C(F)(F)F)cc1.Cl. The van der Waals surface area contributed by atoms with Crippen molar-refractivity contribution in [3.8, 4) is 0 Å². The molecule has 2 heterocycles. The Morgan fingerprint density at radius 2 is 1.70 bits per heavy atom. The summed E-state index contributed by atoms with van der Waals surface area (Å²) in [5.41, 5.74) is 1.73. The lowest BCUT2D eigenvalue weighted by Crippen LogP contribution is -2.31. The molecule has 9 heteroatoms. The fraction of sp³-hybridized carbons (Fsp3) is 0.286. The van der Waals surface area contributed by atoms with Gasteiger partial charge in [-0.2, -0.15) is 13.2 Å². The van der Waals surface area contributed by atoms with Crippen molar-refractivity contribution in [3.63, 3.8) is 0 Å². The van der Waals surface area contributed by atoms with Crippen LogP contribution in [0.25, 0.3) is 11.0 Å². The zero-order chi connectivity index (χ0) is 21.2. The Morgan fingerprint density at radius 1 is 1.07 bits per heavy atom. The highest BCUT2D eigenvalue weighted by molar-refractivity contribution is 6.07. The number of pyridine rings is 2. The van der Waals surface area contributed by atoms with Crippen molar-refractivity contribution < 1.29 is 18.0 Å². The number of carbonyl (C=O) groups is 1. The van der Waals surface area contributed by atoms with Crippen LogP contribution in [0, 0.1) is 6.92 Å². The van der Waals surface area contributed by atoms with E-state index in [0.29, 0.717) is 41.1 Å². The summed E-state index contributed by atoms with van der Waals surface area (Å²) in [6.45, 7) is 6.64. The van der Waals surface area contributed by atoms with Crippen LogP contribution in [0.2, 0.25) is 0 Å². The first-order valence-corrected chi connectivity index (χ1v) is 9.24. The molecule has 5 nitrogen and oxygen atoms in total. The van der Waals surface area contributed by atoms with E-state index in [-0.39, 0.29) is 18.3 Å². The number of amides is 1. The van der Waals surface area contributed by atoms with Crippen LogP contribution in [0.5, 0.6) is 0 Å². The molecule has 160 valence electrons. The van der Waals surface area contributed by atoms with Gasteiger partial charge in [0.15, 0.2) is 5.65 Å². The van der Waals surface area contributed by atoms with Gasteiger partial charge in [-0.3, -0.25) is 4.79 Å². The average Bonchev–Trinajstić information content (AvgIpc) is 2.68. The number of fused-ring (bicyclic) bond motifs is 1. The zero-order valence-electron chi connectivity index (χ0n) is 16.7. The van der Waals surface area contributed by atoms with Crippen molar-refractivity contribution in [2.24, 2.45) is 0 Å². The van der Waals surface area contributed by atoms with Gasteiger partial charge in [-0.05, 0) is 57.2 Å². The molecule has 0 saturated heterocycles. The first-order valence-electron chi connectivity index (χ1n) is 9.24. The van der Waals surface area contributed by atoms with Gasteiger partial charge in [-0.1, -0.05) is 0 Å². The van der Waals surface area contributed by atoms with Crippen LogP contribution < -0.4 is 5.32 Å². The normalized spacial score (nSPS) is 11.1. The molecule has 0 radical (unpaired) electrons. The van der Waals surface area contributed by atoms with Crippen LogP contribution in [0.15, 0.2) is 42.6 Å².